The van der Waals surface area contributed by atoms with Crippen molar-refractivity contribution in [2.45, 2.75) is 20.8 Å². The quantitative estimate of drug-likeness (QED) is 0.650. The third-order valence-electron chi connectivity index (χ3n) is 2.04. The van der Waals surface area contributed by atoms with Crippen LogP contribution in [0.4, 0.5) is 0 Å². The van der Waals surface area contributed by atoms with Crippen LogP contribution in [0.3, 0.4) is 0 Å². The van der Waals surface area contributed by atoms with Crippen molar-refractivity contribution in [1.82, 2.24) is 0 Å². The van der Waals surface area contributed by atoms with Crippen molar-refractivity contribution >= 4 is 14.5 Å². The predicted octanol–water partition coefficient (Wildman–Crippen LogP) is 3.87. The van der Waals surface area contributed by atoms with Crippen LogP contribution in [-0.2, 0) is 4.57 Å². The van der Waals surface area contributed by atoms with Crippen LogP contribution in [0.5, 0.6) is 0 Å². The van der Waals surface area contributed by atoms with Gasteiger partial charge in [0.25, 0.3) is 0 Å². The van der Waals surface area contributed by atoms with Crippen LogP contribution in [0.25, 0.3) is 6.08 Å². The molecule has 0 fully saturated rings. The topological polar surface area (TPSA) is 17.1 Å². The third kappa shape index (κ3) is 2.50. The first-order valence-electron chi connectivity index (χ1n) is 4.22. The van der Waals surface area contributed by atoms with E-state index < -0.39 is 0 Å². The molecule has 1 aromatic rings. The van der Waals surface area contributed by atoms with Gasteiger partial charge in [-0.3, -0.25) is 4.57 Å². The van der Waals surface area contributed by atoms with Gasteiger partial charge in [0.2, 0.25) is 0 Å². The second-order valence-electron chi connectivity index (χ2n) is 3.23. The summed E-state index contributed by atoms with van der Waals surface area (Å²) in [5, 5.41) is 0. The Morgan fingerprint density at radius 2 is 1.69 bits per heavy atom. The van der Waals surface area contributed by atoms with Crippen molar-refractivity contribution in [2.75, 3.05) is 0 Å². The Labute approximate surface area is 80.7 Å². The van der Waals surface area contributed by atoms with Crippen LogP contribution in [0.15, 0.2) is 17.9 Å². The molecule has 0 heterocycles. The Bertz CT molecular complexity index is 330. The molecule has 0 spiro atoms. The summed E-state index contributed by atoms with van der Waals surface area (Å²) in [6.45, 7) is 6.22. The fraction of sp³-hybridized carbons (Fsp3) is 0.273. The molecule has 68 valence electrons. The molecular formula is C11H13OP. The summed E-state index contributed by atoms with van der Waals surface area (Å²) in [5.41, 5.74) is 4.91. The van der Waals surface area contributed by atoms with E-state index in [1.807, 2.05) is 6.08 Å². The van der Waals surface area contributed by atoms with Gasteiger partial charge in [-0.05, 0) is 43.5 Å². The molecule has 0 radical (unpaired) electrons. The lowest BCUT2D eigenvalue weighted by molar-refractivity contribution is 0.603. The summed E-state index contributed by atoms with van der Waals surface area (Å²) in [6, 6.07) is 4.27. The Morgan fingerprint density at radius 3 is 2.15 bits per heavy atom. The second-order valence-corrected chi connectivity index (χ2v) is 3.74. The Hall–Kier alpha value is -0.940. The van der Waals surface area contributed by atoms with Gasteiger partial charge in [0.05, 0.1) is 0 Å². The average Bonchev–Trinajstić information content (AvgIpc) is 2.02. The lowest BCUT2D eigenvalue weighted by Crippen LogP contribution is -1.87. The van der Waals surface area contributed by atoms with Crippen molar-refractivity contribution in [3.8, 4) is 0 Å². The Kier molecular flexibility index (Phi) is 3.39. The number of hydrogen-bond acceptors (Lipinski definition) is 1. The highest BCUT2D eigenvalue weighted by Gasteiger charge is 1.99. The summed E-state index contributed by atoms with van der Waals surface area (Å²) < 4.78 is 10.3. The van der Waals surface area contributed by atoms with Gasteiger partial charge in [-0.15, -0.1) is 0 Å². The molecule has 0 aromatic heterocycles. The molecule has 0 saturated heterocycles. The summed E-state index contributed by atoms with van der Waals surface area (Å²) in [5.74, 6) is 1.63. The van der Waals surface area contributed by atoms with E-state index in [4.69, 9.17) is 0 Å². The molecule has 0 unspecified atom stereocenters. The van der Waals surface area contributed by atoms with Gasteiger partial charge in [0.15, 0.2) is 8.46 Å². The molecule has 0 bridgehead atoms. The zero-order valence-electron chi connectivity index (χ0n) is 8.16. The molecule has 13 heavy (non-hydrogen) atoms. The van der Waals surface area contributed by atoms with E-state index in [1.165, 1.54) is 22.3 Å². The van der Waals surface area contributed by atoms with Gasteiger partial charge in [-0.25, -0.2) is 0 Å². The molecule has 0 aliphatic rings. The van der Waals surface area contributed by atoms with Crippen LogP contribution in [-0.4, -0.2) is 0 Å². The molecule has 0 N–H and O–H groups in total. The van der Waals surface area contributed by atoms with E-state index in [-0.39, 0.29) is 8.46 Å². The van der Waals surface area contributed by atoms with Crippen molar-refractivity contribution in [3.63, 3.8) is 0 Å². The highest BCUT2D eigenvalue weighted by Crippen LogP contribution is 2.18. The number of hydrogen-bond donors (Lipinski definition) is 0. The SMILES string of the molecule is Cc1cc(C)c(C=CP=O)c(C)c1. The van der Waals surface area contributed by atoms with Crippen molar-refractivity contribution in [2.24, 2.45) is 0 Å². The molecule has 1 aromatic carbocycles. The van der Waals surface area contributed by atoms with Gasteiger partial charge >= 0.3 is 0 Å². The van der Waals surface area contributed by atoms with Crippen LogP contribution in [0, 0.1) is 20.8 Å². The fourth-order valence-corrected chi connectivity index (χ4v) is 1.77. The molecule has 1 rings (SSSR count). The second kappa shape index (κ2) is 4.34. The number of aryl methyl sites for hydroxylation is 3. The summed E-state index contributed by atoms with van der Waals surface area (Å²) >= 11 is 0. The van der Waals surface area contributed by atoms with Crippen LogP contribution in [0.1, 0.15) is 22.3 Å². The minimum absolute atomic E-state index is 0.0651. The molecule has 0 aliphatic carbocycles. The maximum atomic E-state index is 10.3. The van der Waals surface area contributed by atoms with E-state index in [0.29, 0.717) is 0 Å². The minimum Gasteiger partial charge on any atom is -0.270 e. The first-order chi connectivity index (χ1) is 6.15. The zero-order chi connectivity index (χ0) is 9.84. The van der Waals surface area contributed by atoms with E-state index in [2.05, 4.69) is 32.9 Å². The van der Waals surface area contributed by atoms with Gasteiger partial charge in [-0.1, -0.05) is 17.7 Å². The fourth-order valence-electron chi connectivity index (χ4n) is 1.56. The van der Waals surface area contributed by atoms with E-state index in [1.54, 1.807) is 5.82 Å². The van der Waals surface area contributed by atoms with Gasteiger partial charge in [0.1, 0.15) is 0 Å². The number of benzene rings is 1. The lowest BCUT2D eigenvalue weighted by atomic mass is 10.0. The van der Waals surface area contributed by atoms with Crippen LogP contribution in [0.2, 0.25) is 0 Å². The normalized spacial score (nSPS) is 11.3. The summed E-state index contributed by atoms with van der Waals surface area (Å²) in [6.07, 6.45) is 1.90. The maximum Gasteiger partial charge on any atom is 0.184 e. The van der Waals surface area contributed by atoms with Gasteiger partial charge in [-0.2, -0.15) is 0 Å². The highest BCUT2D eigenvalue weighted by atomic mass is 31.1. The summed E-state index contributed by atoms with van der Waals surface area (Å²) in [4.78, 5) is 0. The first kappa shape index (κ1) is 10.1. The van der Waals surface area contributed by atoms with E-state index in [9.17, 15) is 4.57 Å². The highest BCUT2D eigenvalue weighted by molar-refractivity contribution is 7.28. The zero-order valence-corrected chi connectivity index (χ0v) is 9.06. The predicted molar refractivity (Wildman–Crippen MR) is 57.3 cm³/mol. The van der Waals surface area contributed by atoms with E-state index >= 15 is 0 Å². The third-order valence-corrected chi connectivity index (χ3v) is 2.31. The van der Waals surface area contributed by atoms with Crippen LogP contribution < -0.4 is 0 Å². The maximum absolute atomic E-state index is 10.3. The largest absolute Gasteiger partial charge is 0.270 e. The minimum atomic E-state index is 0.0651. The van der Waals surface area contributed by atoms with Gasteiger partial charge < -0.3 is 0 Å². The Morgan fingerprint density at radius 1 is 1.15 bits per heavy atom. The van der Waals surface area contributed by atoms with Crippen molar-refractivity contribution in [3.05, 3.63) is 40.2 Å². The van der Waals surface area contributed by atoms with Crippen LogP contribution >= 0.6 is 8.46 Å². The summed E-state index contributed by atoms with van der Waals surface area (Å²) in [7, 11) is 0.0651. The molecule has 0 atom stereocenters. The lowest BCUT2D eigenvalue weighted by Gasteiger charge is -2.06. The average molecular weight is 192 g/mol. The molecule has 0 saturated carbocycles. The Balaban J connectivity index is 3.20. The molecule has 2 heteroatoms. The van der Waals surface area contributed by atoms with Gasteiger partial charge in [0, 0.05) is 5.82 Å². The molecular weight excluding hydrogens is 179 g/mol. The molecule has 1 nitrogen and oxygen atoms in total. The number of rotatable bonds is 2. The smallest absolute Gasteiger partial charge is 0.184 e. The molecule has 0 aliphatic heterocycles. The standard InChI is InChI=1S/C11H13OP/c1-8-6-9(2)11(4-5-13-12)10(3)7-8/h4-7H,1-3H3. The first-order valence-corrected chi connectivity index (χ1v) is 5.10. The monoisotopic (exact) mass is 192 g/mol. The van der Waals surface area contributed by atoms with Crippen molar-refractivity contribution in [1.29, 1.82) is 0 Å². The van der Waals surface area contributed by atoms with Crippen molar-refractivity contribution < 1.29 is 4.57 Å². The molecule has 0 amide bonds. The van der Waals surface area contributed by atoms with E-state index in [0.717, 1.165) is 0 Å².